The molecular weight excluding hydrogens is 280 g/mol. The lowest BCUT2D eigenvalue weighted by Gasteiger charge is -2.22. The zero-order chi connectivity index (χ0) is 13.9. The molecule has 0 aromatic heterocycles. The van der Waals surface area contributed by atoms with Crippen LogP contribution >= 0.6 is 11.6 Å². The van der Waals surface area contributed by atoms with Gasteiger partial charge in [0.1, 0.15) is 9.84 Å². The molecule has 2 nitrogen and oxygen atoms in total. The highest BCUT2D eigenvalue weighted by Gasteiger charge is 2.17. The summed E-state index contributed by atoms with van der Waals surface area (Å²) in [4.78, 5) is 0. The van der Waals surface area contributed by atoms with E-state index in [2.05, 4.69) is 12.1 Å². The van der Waals surface area contributed by atoms with Crippen LogP contribution in [-0.4, -0.2) is 20.4 Å². The predicted octanol–water partition coefficient (Wildman–Crippen LogP) is 4.06. The molecule has 1 aromatic rings. The molecule has 0 bridgehead atoms. The van der Waals surface area contributed by atoms with E-state index in [0.717, 1.165) is 5.56 Å². The highest BCUT2D eigenvalue weighted by molar-refractivity contribution is 7.90. The zero-order valence-corrected chi connectivity index (χ0v) is 12.9. The van der Waals surface area contributed by atoms with E-state index in [1.807, 2.05) is 12.1 Å². The van der Waals surface area contributed by atoms with E-state index in [-0.39, 0.29) is 5.75 Å². The Morgan fingerprint density at radius 1 is 1.16 bits per heavy atom. The van der Waals surface area contributed by atoms with Crippen LogP contribution in [0, 0.1) is 0 Å². The highest BCUT2D eigenvalue weighted by atomic mass is 35.5. The molecule has 1 aliphatic carbocycles. The van der Waals surface area contributed by atoms with Gasteiger partial charge in [0, 0.05) is 6.26 Å². The fourth-order valence-electron chi connectivity index (χ4n) is 2.77. The standard InChI is InChI=1S/C15H21ClO2S/c1-19(17,18)11-15(16)14-9-7-13(8-10-14)12-5-3-2-4-6-12/h7-10,12,15H,2-6,11H2,1H3. The topological polar surface area (TPSA) is 34.1 Å². The van der Waals surface area contributed by atoms with Gasteiger partial charge in [-0.05, 0) is 29.9 Å². The molecule has 1 aromatic carbocycles. The van der Waals surface area contributed by atoms with Gasteiger partial charge in [0.05, 0.1) is 11.1 Å². The molecule has 1 unspecified atom stereocenters. The lowest BCUT2D eigenvalue weighted by Crippen LogP contribution is -2.09. The summed E-state index contributed by atoms with van der Waals surface area (Å²) in [5.74, 6) is 0.670. The number of hydrogen-bond donors (Lipinski definition) is 0. The summed E-state index contributed by atoms with van der Waals surface area (Å²) in [6, 6.07) is 8.19. The molecule has 1 aliphatic rings. The summed E-state index contributed by atoms with van der Waals surface area (Å²) in [6.07, 6.45) is 7.75. The van der Waals surface area contributed by atoms with Gasteiger partial charge in [-0.3, -0.25) is 0 Å². The van der Waals surface area contributed by atoms with E-state index in [1.54, 1.807) is 0 Å². The molecule has 1 saturated carbocycles. The average molecular weight is 301 g/mol. The van der Waals surface area contributed by atoms with Crippen LogP contribution in [0.4, 0.5) is 0 Å². The lowest BCUT2D eigenvalue weighted by molar-refractivity contribution is 0.443. The van der Waals surface area contributed by atoms with Crippen molar-refractivity contribution in [2.45, 2.75) is 43.4 Å². The van der Waals surface area contributed by atoms with E-state index in [0.29, 0.717) is 5.92 Å². The Morgan fingerprint density at radius 2 is 1.74 bits per heavy atom. The third-order valence-corrected chi connectivity index (χ3v) is 5.35. The van der Waals surface area contributed by atoms with Crippen molar-refractivity contribution in [2.24, 2.45) is 0 Å². The van der Waals surface area contributed by atoms with E-state index in [4.69, 9.17) is 11.6 Å². The molecule has 106 valence electrons. The minimum absolute atomic E-state index is 0.00265. The molecule has 0 N–H and O–H groups in total. The Bertz CT molecular complexity index is 501. The normalized spacial score (nSPS) is 19.3. The quantitative estimate of drug-likeness (QED) is 0.786. The van der Waals surface area contributed by atoms with Gasteiger partial charge in [-0.1, -0.05) is 43.5 Å². The van der Waals surface area contributed by atoms with Crippen molar-refractivity contribution in [2.75, 3.05) is 12.0 Å². The van der Waals surface area contributed by atoms with E-state index in [1.165, 1.54) is 43.9 Å². The van der Waals surface area contributed by atoms with Crippen LogP contribution < -0.4 is 0 Å². The lowest BCUT2D eigenvalue weighted by atomic mass is 9.84. The number of hydrogen-bond acceptors (Lipinski definition) is 2. The maximum atomic E-state index is 11.2. The third-order valence-electron chi connectivity index (χ3n) is 3.82. The summed E-state index contributed by atoms with van der Waals surface area (Å²) in [7, 11) is -3.03. The molecule has 0 aliphatic heterocycles. The van der Waals surface area contributed by atoms with Crippen molar-refractivity contribution in [3.05, 3.63) is 35.4 Å². The second-order valence-corrected chi connectivity index (χ2v) is 8.27. The molecule has 2 rings (SSSR count). The fraction of sp³-hybridized carbons (Fsp3) is 0.600. The van der Waals surface area contributed by atoms with Gasteiger partial charge in [0.15, 0.2) is 0 Å². The molecule has 0 radical (unpaired) electrons. The highest BCUT2D eigenvalue weighted by Crippen LogP contribution is 2.33. The first-order valence-corrected chi connectivity index (χ1v) is 9.37. The van der Waals surface area contributed by atoms with Crippen molar-refractivity contribution >= 4 is 21.4 Å². The molecular formula is C15H21ClO2S. The van der Waals surface area contributed by atoms with Gasteiger partial charge in [0.2, 0.25) is 0 Å². The molecule has 0 saturated heterocycles. The second-order valence-electron chi connectivity index (χ2n) is 5.56. The number of benzene rings is 1. The number of halogens is 1. The molecule has 0 spiro atoms. The van der Waals surface area contributed by atoms with Gasteiger partial charge < -0.3 is 0 Å². The van der Waals surface area contributed by atoms with E-state index >= 15 is 0 Å². The van der Waals surface area contributed by atoms with Crippen LogP contribution in [-0.2, 0) is 9.84 Å². The van der Waals surface area contributed by atoms with Crippen LogP contribution in [0.15, 0.2) is 24.3 Å². The zero-order valence-electron chi connectivity index (χ0n) is 11.3. The Labute approximate surface area is 121 Å². The minimum atomic E-state index is -3.03. The number of alkyl halides is 1. The van der Waals surface area contributed by atoms with Crippen molar-refractivity contribution in [3.8, 4) is 0 Å². The van der Waals surface area contributed by atoms with Crippen molar-refractivity contribution < 1.29 is 8.42 Å². The molecule has 4 heteroatoms. The SMILES string of the molecule is CS(=O)(=O)CC(Cl)c1ccc(C2CCCCC2)cc1. The fourth-order valence-corrected chi connectivity index (χ4v) is 4.33. The summed E-state index contributed by atoms with van der Waals surface area (Å²) in [5.41, 5.74) is 2.26. The first-order chi connectivity index (χ1) is 8.96. The van der Waals surface area contributed by atoms with Gasteiger partial charge in [-0.15, -0.1) is 11.6 Å². The van der Waals surface area contributed by atoms with E-state index in [9.17, 15) is 8.42 Å². The van der Waals surface area contributed by atoms with Crippen LogP contribution in [0.3, 0.4) is 0 Å². The molecule has 1 atom stereocenters. The summed E-state index contributed by atoms with van der Waals surface area (Å²) in [5, 5.41) is -0.449. The van der Waals surface area contributed by atoms with E-state index < -0.39 is 15.2 Å². The number of rotatable bonds is 4. The molecule has 19 heavy (non-hydrogen) atoms. The van der Waals surface area contributed by atoms with Crippen molar-refractivity contribution in [1.82, 2.24) is 0 Å². The van der Waals surface area contributed by atoms with Crippen LogP contribution in [0.5, 0.6) is 0 Å². The molecule has 1 fully saturated rings. The second kappa shape index (κ2) is 6.27. The Kier molecular flexibility index (Phi) is 4.91. The first kappa shape index (κ1) is 14.9. The summed E-state index contributed by atoms with van der Waals surface area (Å²) < 4.78 is 22.5. The maximum Gasteiger partial charge on any atom is 0.149 e. The molecule has 0 heterocycles. The summed E-state index contributed by atoms with van der Waals surface area (Å²) >= 11 is 6.15. The van der Waals surface area contributed by atoms with Gasteiger partial charge >= 0.3 is 0 Å². The van der Waals surface area contributed by atoms with Crippen LogP contribution in [0.2, 0.25) is 0 Å². The third kappa shape index (κ3) is 4.50. The van der Waals surface area contributed by atoms with Gasteiger partial charge in [-0.2, -0.15) is 0 Å². The Balaban J connectivity index is 2.05. The number of sulfone groups is 1. The predicted molar refractivity (Wildman–Crippen MR) is 80.6 cm³/mol. The maximum absolute atomic E-state index is 11.2. The first-order valence-electron chi connectivity index (χ1n) is 6.87. The van der Waals surface area contributed by atoms with Gasteiger partial charge in [-0.25, -0.2) is 8.42 Å². The van der Waals surface area contributed by atoms with Crippen LogP contribution in [0.25, 0.3) is 0 Å². The molecule has 0 amide bonds. The minimum Gasteiger partial charge on any atom is -0.229 e. The smallest absolute Gasteiger partial charge is 0.149 e. The monoisotopic (exact) mass is 300 g/mol. The van der Waals surface area contributed by atoms with Crippen molar-refractivity contribution in [3.63, 3.8) is 0 Å². The Hall–Kier alpha value is -0.540. The largest absolute Gasteiger partial charge is 0.229 e. The average Bonchev–Trinajstić information content (AvgIpc) is 2.38. The Morgan fingerprint density at radius 3 is 2.26 bits per heavy atom. The van der Waals surface area contributed by atoms with Crippen molar-refractivity contribution in [1.29, 1.82) is 0 Å². The summed E-state index contributed by atoms with van der Waals surface area (Å²) in [6.45, 7) is 0. The van der Waals surface area contributed by atoms with Crippen LogP contribution in [0.1, 0.15) is 54.5 Å². The van der Waals surface area contributed by atoms with Gasteiger partial charge in [0.25, 0.3) is 0 Å².